The summed E-state index contributed by atoms with van der Waals surface area (Å²) in [7, 11) is 0. The van der Waals surface area contributed by atoms with Crippen LogP contribution in [0, 0.1) is 12.3 Å². The number of benzene rings is 1. The van der Waals surface area contributed by atoms with E-state index in [1.165, 1.54) is 5.56 Å². The van der Waals surface area contributed by atoms with Crippen LogP contribution in [0.2, 0.25) is 0 Å². The van der Waals surface area contributed by atoms with Crippen molar-refractivity contribution in [1.82, 2.24) is 19.8 Å². The van der Waals surface area contributed by atoms with Gasteiger partial charge in [0, 0.05) is 38.1 Å². The van der Waals surface area contributed by atoms with Crippen LogP contribution >= 0.6 is 0 Å². The van der Waals surface area contributed by atoms with E-state index in [9.17, 15) is 9.59 Å². The molecule has 1 unspecified atom stereocenters. The third-order valence-electron chi connectivity index (χ3n) is 6.39. The van der Waals surface area contributed by atoms with Crippen molar-refractivity contribution < 1.29 is 9.59 Å². The lowest BCUT2D eigenvalue weighted by atomic mass is 9.78. The number of carbonyl (C=O) groups is 2. The number of aromatic amines is 1. The van der Waals surface area contributed by atoms with Crippen LogP contribution in [0.1, 0.15) is 66.5 Å². The molecule has 1 aromatic carbocycles. The maximum absolute atomic E-state index is 13.4. The summed E-state index contributed by atoms with van der Waals surface area (Å²) < 4.78 is 0. The Morgan fingerprint density at radius 1 is 1.21 bits per heavy atom. The predicted molar refractivity (Wildman–Crippen MR) is 111 cm³/mol. The fourth-order valence-corrected chi connectivity index (χ4v) is 4.63. The first-order chi connectivity index (χ1) is 13.9. The predicted octanol–water partition coefficient (Wildman–Crippen LogP) is 3.50. The number of likely N-dealkylation sites (tertiary alicyclic amines) is 2. The van der Waals surface area contributed by atoms with Gasteiger partial charge in [0.15, 0.2) is 5.82 Å². The normalized spacial score (nSPS) is 22.1. The number of aryl methyl sites for hydroxylation is 1. The molecule has 6 nitrogen and oxygen atoms in total. The molecule has 2 aromatic rings. The summed E-state index contributed by atoms with van der Waals surface area (Å²) in [5.41, 5.74) is 2.91. The van der Waals surface area contributed by atoms with Crippen LogP contribution in [0.4, 0.5) is 0 Å². The lowest BCUT2D eigenvalue weighted by Gasteiger charge is -2.39. The van der Waals surface area contributed by atoms with Gasteiger partial charge in [0.2, 0.25) is 5.91 Å². The zero-order valence-corrected chi connectivity index (χ0v) is 17.6. The minimum Gasteiger partial charge on any atom is -0.338 e. The third-order valence-corrected chi connectivity index (χ3v) is 6.39. The summed E-state index contributed by atoms with van der Waals surface area (Å²) in [4.78, 5) is 37.1. The van der Waals surface area contributed by atoms with Gasteiger partial charge in [0.1, 0.15) is 0 Å². The van der Waals surface area contributed by atoms with Gasteiger partial charge in [-0.05, 0) is 43.2 Å². The summed E-state index contributed by atoms with van der Waals surface area (Å²) >= 11 is 0. The molecular weight excluding hydrogens is 364 g/mol. The molecular formula is C23H30N4O2. The fraction of sp³-hybridized carbons (Fsp3) is 0.522. The molecule has 29 heavy (non-hydrogen) atoms. The maximum atomic E-state index is 13.4. The van der Waals surface area contributed by atoms with E-state index in [0.717, 1.165) is 37.1 Å². The summed E-state index contributed by atoms with van der Waals surface area (Å²) in [6.07, 6.45) is 4.24. The Bertz CT molecular complexity index is 902. The molecule has 1 N–H and O–H groups in total. The quantitative estimate of drug-likeness (QED) is 0.863. The highest BCUT2D eigenvalue weighted by Crippen LogP contribution is 2.40. The number of hydrogen-bond acceptors (Lipinski definition) is 3. The Kier molecular flexibility index (Phi) is 5.19. The van der Waals surface area contributed by atoms with Gasteiger partial charge in [-0.1, -0.05) is 38.1 Å². The van der Waals surface area contributed by atoms with E-state index in [1.807, 2.05) is 11.8 Å². The number of nitrogens with zero attached hydrogens (tertiary/aromatic N) is 3. The summed E-state index contributed by atoms with van der Waals surface area (Å²) in [5.74, 6) is 0.959. The zero-order valence-electron chi connectivity index (χ0n) is 17.6. The van der Waals surface area contributed by atoms with Gasteiger partial charge in [-0.15, -0.1) is 0 Å². The topological polar surface area (TPSA) is 69.3 Å². The number of amides is 2. The van der Waals surface area contributed by atoms with Crippen molar-refractivity contribution in [2.24, 2.45) is 5.41 Å². The average molecular weight is 395 g/mol. The minimum absolute atomic E-state index is 0.107. The van der Waals surface area contributed by atoms with Crippen LogP contribution in [0.15, 0.2) is 30.5 Å². The monoisotopic (exact) mass is 394 g/mol. The Hall–Kier alpha value is -2.63. The number of hydrogen-bond donors (Lipinski definition) is 1. The Morgan fingerprint density at radius 2 is 1.97 bits per heavy atom. The molecule has 4 rings (SSSR count). The van der Waals surface area contributed by atoms with Crippen LogP contribution < -0.4 is 0 Å². The average Bonchev–Trinajstić information content (AvgIpc) is 3.33. The molecule has 2 aliphatic heterocycles. The van der Waals surface area contributed by atoms with Gasteiger partial charge in [-0.25, -0.2) is 4.98 Å². The van der Waals surface area contributed by atoms with Crippen LogP contribution in [0.3, 0.4) is 0 Å². The van der Waals surface area contributed by atoms with Gasteiger partial charge >= 0.3 is 0 Å². The highest BCUT2D eigenvalue weighted by atomic mass is 16.2. The van der Waals surface area contributed by atoms with Crippen molar-refractivity contribution in [3.8, 4) is 0 Å². The van der Waals surface area contributed by atoms with Gasteiger partial charge in [0.25, 0.3) is 5.91 Å². The van der Waals surface area contributed by atoms with Crippen LogP contribution in [0.5, 0.6) is 0 Å². The molecule has 0 saturated carbocycles. The Labute approximate surface area is 172 Å². The van der Waals surface area contributed by atoms with E-state index in [4.69, 9.17) is 0 Å². The van der Waals surface area contributed by atoms with E-state index >= 15 is 0 Å². The van der Waals surface area contributed by atoms with E-state index in [2.05, 4.69) is 48.1 Å². The van der Waals surface area contributed by atoms with Gasteiger partial charge in [-0.3, -0.25) is 9.59 Å². The molecule has 2 aliphatic rings. The molecule has 0 aliphatic carbocycles. The van der Waals surface area contributed by atoms with Crippen molar-refractivity contribution in [2.75, 3.05) is 19.6 Å². The second kappa shape index (κ2) is 7.65. The van der Waals surface area contributed by atoms with E-state index in [1.54, 1.807) is 11.1 Å². The highest BCUT2D eigenvalue weighted by molar-refractivity contribution is 5.92. The molecule has 2 saturated heterocycles. The highest BCUT2D eigenvalue weighted by Gasteiger charge is 2.49. The first-order valence-corrected chi connectivity index (χ1v) is 10.6. The Balaban J connectivity index is 1.45. The summed E-state index contributed by atoms with van der Waals surface area (Å²) in [5, 5.41) is 0. The molecule has 0 radical (unpaired) electrons. The van der Waals surface area contributed by atoms with Crippen molar-refractivity contribution in [2.45, 2.75) is 52.5 Å². The van der Waals surface area contributed by atoms with Crippen LogP contribution in [0.25, 0.3) is 0 Å². The van der Waals surface area contributed by atoms with Gasteiger partial charge in [-0.2, -0.15) is 0 Å². The number of imidazole rings is 1. The van der Waals surface area contributed by atoms with Crippen molar-refractivity contribution in [3.05, 3.63) is 53.1 Å². The maximum Gasteiger partial charge on any atom is 0.289 e. The molecule has 0 bridgehead atoms. The zero-order chi connectivity index (χ0) is 20.6. The van der Waals surface area contributed by atoms with E-state index in [-0.39, 0.29) is 11.8 Å². The first-order valence-electron chi connectivity index (χ1n) is 10.6. The molecule has 6 heteroatoms. The molecule has 1 atom stereocenters. The van der Waals surface area contributed by atoms with E-state index < -0.39 is 5.41 Å². The molecule has 1 spiro atoms. The lowest BCUT2D eigenvalue weighted by molar-refractivity contribution is -0.146. The molecule has 1 aromatic heterocycles. The standard InChI is InChI=1S/C23H30N4O2/c1-16(2)19-7-5-18(6-8-19)14-26-11-4-9-23(22(26)29)10-12-27(15-23)21(28)20-24-13-17(3)25-20/h5-8,13,16H,4,9-12,14-15H2,1-3H3,(H,24,25). The molecule has 3 heterocycles. The third kappa shape index (κ3) is 3.80. The smallest absolute Gasteiger partial charge is 0.289 e. The van der Waals surface area contributed by atoms with Crippen molar-refractivity contribution in [1.29, 1.82) is 0 Å². The van der Waals surface area contributed by atoms with Crippen molar-refractivity contribution >= 4 is 11.8 Å². The van der Waals surface area contributed by atoms with Gasteiger partial charge in [0.05, 0.1) is 5.41 Å². The van der Waals surface area contributed by atoms with Gasteiger partial charge < -0.3 is 14.8 Å². The number of piperidine rings is 1. The number of aromatic nitrogens is 2. The first kappa shape index (κ1) is 19.7. The molecule has 2 fully saturated rings. The molecule has 154 valence electrons. The lowest BCUT2D eigenvalue weighted by Crippen LogP contribution is -2.50. The van der Waals surface area contributed by atoms with Crippen molar-refractivity contribution in [3.63, 3.8) is 0 Å². The largest absolute Gasteiger partial charge is 0.338 e. The minimum atomic E-state index is -0.437. The number of carbonyl (C=O) groups excluding carboxylic acids is 2. The van der Waals surface area contributed by atoms with Crippen LogP contribution in [-0.2, 0) is 11.3 Å². The summed E-state index contributed by atoms with van der Waals surface area (Å²) in [6.45, 7) is 8.79. The van der Waals surface area contributed by atoms with E-state index in [0.29, 0.717) is 31.4 Å². The number of nitrogens with one attached hydrogen (secondary N) is 1. The second-order valence-electron chi connectivity index (χ2n) is 8.90. The Morgan fingerprint density at radius 3 is 2.62 bits per heavy atom. The fourth-order valence-electron chi connectivity index (χ4n) is 4.63. The molecule has 2 amide bonds. The number of rotatable bonds is 4. The SMILES string of the molecule is Cc1cnc(C(=O)N2CCC3(CCCN(Cc4ccc(C(C)C)cc4)C3=O)C2)[nH]1. The summed E-state index contributed by atoms with van der Waals surface area (Å²) in [6, 6.07) is 8.58. The number of H-pyrrole nitrogens is 1. The second-order valence-corrected chi connectivity index (χ2v) is 8.90. The van der Waals surface area contributed by atoms with Crippen LogP contribution in [-0.4, -0.2) is 51.2 Å².